The number of aromatic amines is 1. The summed E-state index contributed by atoms with van der Waals surface area (Å²) in [5.74, 6) is 1.35. The van der Waals surface area contributed by atoms with Gasteiger partial charge in [0.15, 0.2) is 5.65 Å². The van der Waals surface area contributed by atoms with Gasteiger partial charge in [-0.3, -0.25) is 5.10 Å². The van der Waals surface area contributed by atoms with E-state index in [1.807, 2.05) is 47.2 Å². The topological polar surface area (TPSA) is 101 Å². The van der Waals surface area contributed by atoms with E-state index < -0.39 is 0 Å². The quantitative estimate of drug-likeness (QED) is 0.433. The Kier molecular flexibility index (Phi) is 4.08. The highest BCUT2D eigenvalue weighted by molar-refractivity contribution is 5.88. The minimum atomic E-state index is -0.287. The Bertz CT molecular complexity index is 1540. The molecule has 1 aliphatic carbocycles. The Hall–Kier alpha value is -3.85. The molecule has 5 heterocycles. The molecule has 4 aromatic heterocycles. The van der Waals surface area contributed by atoms with Gasteiger partial charge in [0.1, 0.15) is 22.8 Å². The predicted octanol–water partition coefficient (Wildman–Crippen LogP) is 3.16. The van der Waals surface area contributed by atoms with E-state index in [1.165, 1.54) is 6.07 Å². The van der Waals surface area contributed by atoms with Crippen LogP contribution in [0.3, 0.4) is 0 Å². The molecular weight excluding hydrogens is 431 g/mol. The molecule has 1 saturated heterocycles. The monoisotopic (exact) mass is 454 g/mol. The van der Waals surface area contributed by atoms with Gasteiger partial charge in [0, 0.05) is 43.0 Å². The van der Waals surface area contributed by atoms with Crippen molar-refractivity contribution in [3.63, 3.8) is 0 Å². The van der Waals surface area contributed by atoms with Crippen molar-refractivity contribution in [1.29, 1.82) is 0 Å². The molecule has 0 radical (unpaired) electrons. The van der Waals surface area contributed by atoms with Gasteiger partial charge in [-0.1, -0.05) is 18.2 Å². The second-order valence-electron chi connectivity index (χ2n) is 9.29. The molecule has 1 aliphatic heterocycles. The maximum absolute atomic E-state index is 14.6. The number of benzene rings is 1. The highest BCUT2D eigenvalue weighted by Crippen LogP contribution is 2.63. The van der Waals surface area contributed by atoms with Crippen molar-refractivity contribution in [3.05, 3.63) is 72.4 Å². The molecule has 5 aromatic rings. The minimum absolute atomic E-state index is 0.158. The molecule has 0 amide bonds. The zero-order valence-electron chi connectivity index (χ0n) is 18.4. The van der Waals surface area contributed by atoms with Gasteiger partial charge in [-0.05, 0) is 48.1 Å². The maximum atomic E-state index is 14.6. The summed E-state index contributed by atoms with van der Waals surface area (Å²) in [5, 5.41) is 11.8. The summed E-state index contributed by atoms with van der Waals surface area (Å²) in [4.78, 5) is 11.8. The second kappa shape index (κ2) is 7.07. The number of pyridine rings is 1. The van der Waals surface area contributed by atoms with E-state index in [2.05, 4.69) is 20.2 Å². The number of nitrogens with two attached hydrogens (primary N) is 1. The first-order chi connectivity index (χ1) is 16.7. The Morgan fingerprint density at radius 3 is 2.97 bits per heavy atom. The molecule has 3 N–H and O–H groups in total. The summed E-state index contributed by atoms with van der Waals surface area (Å²) in [6.45, 7) is 2.08. The van der Waals surface area contributed by atoms with Gasteiger partial charge >= 0.3 is 0 Å². The van der Waals surface area contributed by atoms with Crippen molar-refractivity contribution < 1.29 is 4.39 Å². The van der Waals surface area contributed by atoms with Crippen molar-refractivity contribution in [2.45, 2.75) is 11.8 Å². The fourth-order valence-corrected chi connectivity index (χ4v) is 6.05. The van der Waals surface area contributed by atoms with Crippen LogP contribution in [0.25, 0.3) is 27.9 Å². The van der Waals surface area contributed by atoms with Gasteiger partial charge in [-0.2, -0.15) is 10.2 Å². The molecule has 0 bridgehead atoms. The van der Waals surface area contributed by atoms with E-state index in [9.17, 15) is 4.39 Å². The fourth-order valence-electron chi connectivity index (χ4n) is 6.05. The average Bonchev–Trinajstić information content (AvgIpc) is 3.17. The van der Waals surface area contributed by atoms with Crippen LogP contribution in [0, 0.1) is 17.7 Å². The van der Waals surface area contributed by atoms with Crippen molar-refractivity contribution >= 4 is 22.5 Å². The first kappa shape index (κ1) is 19.6. The van der Waals surface area contributed by atoms with Crippen LogP contribution < -0.4 is 10.6 Å². The molecule has 9 heteroatoms. The van der Waals surface area contributed by atoms with Crippen LogP contribution in [0.2, 0.25) is 0 Å². The predicted molar refractivity (Wildman–Crippen MR) is 127 cm³/mol. The van der Waals surface area contributed by atoms with E-state index >= 15 is 0 Å². The van der Waals surface area contributed by atoms with Crippen molar-refractivity contribution in [3.8, 4) is 11.3 Å². The molecule has 3 atom stereocenters. The van der Waals surface area contributed by atoms with E-state index in [-0.39, 0.29) is 11.2 Å². The minimum Gasteiger partial charge on any atom is -0.355 e. The van der Waals surface area contributed by atoms with Crippen molar-refractivity contribution in [1.82, 2.24) is 29.8 Å². The first-order valence-electron chi connectivity index (χ1n) is 11.5. The Labute approximate surface area is 194 Å². The Morgan fingerprint density at radius 2 is 2.09 bits per heavy atom. The second-order valence-corrected chi connectivity index (χ2v) is 9.29. The molecule has 0 spiro atoms. The standard InChI is InChI=1S/C25H23FN8/c26-20-4-2-1-3-18(20)25(14-27)17-7-9-33(13-19(17)25)21-12-28-23-22(31-32-24(23)30-21)15-6-10-34-16(11-15)5-8-29-34/h1-6,8,10-12,17,19H,7,9,13-14,27H2,(H,30,31,32)/t17-,19+,25-/m1/s1. The molecule has 0 unspecified atom stereocenters. The highest BCUT2D eigenvalue weighted by atomic mass is 19.1. The summed E-state index contributed by atoms with van der Waals surface area (Å²) < 4.78 is 16.5. The third-order valence-electron chi connectivity index (χ3n) is 7.79. The number of halogens is 1. The Balaban J connectivity index is 1.18. The number of nitrogens with zero attached hydrogens (tertiary/aromatic N) is 6. The zero-order chi connectivity index (χ0) is 22.9. The molecule has 2 aliphatic rings. The molecular formula is C25H23FN8. The van der Waals surface area contributed by atoms with E-state index in [0.29, 0.717) is 24.0 Å². The maximum Gasteiger partial charge on any atom is 0.177 e. The van der Waals surface area contributed by atoms with Crippen LogP contribution in [0.4, 0.5) is 10.2 Å². The van der Waals surface area contributed by atoms with Gasteiger partial charge in [0.25, 0.3) is 0 Å². The van der Waals surface area contributed by atoms with Crippen molar-refractivity contribution in [2.75, 3.05) is 24.5 Å². The van der Waals surface area contributed by atoms with E-state index in [1.54, 1.807) is 12.3 Å². The molecule has 7 rings (SSSR count). The smallest absolute Gasteiger partial charge is 0.177 e. The number of rotatable bonds is 4. The number of anilines is 1. The third kappa shape index (κ3) is 2.67. The molecule has 2 fully saturated rings. The number of hydrogen-bond donors (Lipinski definition) is 2. The third-order valence-corrected chi connectivity index (χ3v) is 7.79. The van der Waals surface area contributed by atoms with Crippen LogP contribution in [-0.4, -0.2) is 49.4 Å². The van der Waals surface area contributed by atoms with Crippen molar-refractivity contribution in [2.24, 2.45) is 17.6 Å². The summed E-state index contributed by atoms with van der Waals surface area (Å²) in [6, 6.07) is 13.0. The number of H-pyrrole nitrogens is 1. The molecule has 8 nitrogen and oxygen atoms in total. The number of hydrogen-bond acceptors (Lipinski definition) is 6. The molecule has 34 heavy (non-hydrogen) atoms. The van der Waals surface area contributed by atoms with Gasteiger partial charge < -0.3 is 10.6 Å². The van der Waals surface area contributed by atoms with Crippen LogP contribution in [0.1, 0.15) is 12.0 Å². The lowest BCUT2D eigenvalue weighted by atomic mass is 9.91. The van der Waals surface area contributed by atoms with Crippen LogP contribution in [-0.2, 0) is 5.41 Å². The van der Waals surface area contributed by atoms with Gasteiger partial charge in [-0.25, -0.2) is 18.9 Å². The normalized spacial score (nSPS) is 24.0. The number of aromatic nitrogens is 6. The molecule has 1 saturated carbocycles. The summed E-state index contributed by atoms with van der Waals surface area (Å²) in [7, 11) is 0. The SMILES string of the molecule is NC[C@]1(c2ccccc2F)[C@@H]2CCN(c3cnc4c(-c5ccn6nccc6c5)n[nH]c4n3)C[C@@H]21. The largest absolute Gasteiger partial charge is 0.355 e. The number of piperidine rings is 1. The van der Waals surface area contributed by atoms with Crippen LogP contribution >= 0.6 is 0 Å². The van der Waals surface area contributed by atoms with Crippen LogP contribution in [0.15, 0.2) is 61.1 Å². The highest BCUT2D eigenvalue weighted by Gasteiger charge is 2.66. The lowest BCUT2D eigenvalue weighted by Crippen LogP contribution is -2.32. The average molecular weight is 455 g/mol. The number of nitrogens with one attached hydrogen (secondary N) is 1. The zero-order valence-corrected chi connectivity index (χ0v) is 18.4. The van der Waals surface area contributed by atoms with Crippen LogP contribution in [0.5, 0.6) is 0 Å². The number of fused-ring (bicyclic) bond motifs is 3. The molecule has 170 valence electrons. The summed E-state index contributed by atoms with van der Waals surface area (Å²) in [6.07, 6.45) is 6.44. The first-order valence-corrected chi connectivity index (χ1v) is 11.5. The Morgan fingerprint density at radius 1 is 1.18 bits per heavy atom. The summed E-state index contributed by atoms with van der Waals surface area (Å²) in [5.41, 5.74) is 10.8. The van der Waals surface area contributed by atoms with Gasteiger partial charge in [0.2, 0.25) is 0 Å². The van der Waals surface area contributed by atoms with Gasteiger partial charge in [0.05, 0.1) is 11.7 Å². The lowest BCUT2D eigenvalue weighted by molar-refractivity contribution is 0.533. The lowest BCUT2D eigenvalue weighted by Gasteiger charge is -2.26. The van der Waals surface area contributed by atoms with E-state index in [0.717, 1.165) is 53.2 Å². The molecule has 1 aromatic carbocycles. The summed E-state index contributed by atoms with van der Waals surface area (Å²) >= 11 is 0. The van der Waals surface area contributed by atoms with Gasteiger partial charge in [-0.15, -0.1) is 0 Å². The van der Waals surface area contributed by atoms with E-state index in [4.69, 9.17) is 15.7 Å². The fraction of sp³-hybridized carbons (Fsp3) is 0.280.